The lowest BCUT2D eigenvalue weighted by atomic mass is 9.87. The largest absolute Gasteiger partial charge is 0.477 e. The van der Waals surface area contributed by atoms with Gasteiger partial charge < -0.3 is 10.4 Å². The number of carbonyl (C=O) groups is 2. The minimum absolute atomic E-state index is 0.0409. The number of aromatic nitrogens is 1. The van der Waals surface area contributed by atoms with Gasteiger partial charge in [-0.25, -0.2) is 9.78 Å². The van der Waals surface area contributed by atoms with Gasteiger partial charge >= 0.3 is 5.97 Å². The summed E-state index contributed by atoms with van der Waals surface area (Å²) >= 11 is 1.14. The maximum absolute atomic E-state index is 12.1. The summed E-state index contributed by atoms with van der Waals surface area (Å²) < 4.78 is 0. The fourth-order valence-electron chi connectivity index (χ4n) is 2.82. The molecule has 1 aliphatic rings. The third-order valence-corrected chi connectivity index (χ3v) is 5.28. The molecule has 5 nitrogen and oxygen atoms in total. The summed E-state index contributed by atoms with van der Waals surface area (Å²) in [5, 5.41) is 12.6. The molecule has 2 rings (SSSR count). The van der Waals surface area contributed by atoms with Crippen molar-refractivity contribution in [1.82, 2.24) is 10.3 Å². The molecule has 21 heavy (non-hydrogen) atoms. The van der Waals surface area contributed by atoms with Crippen LogP contribution in [0.4, 0.5) is 0 Å². The lowest BCUT2D eigenvalue weighted by Crippen LogP contribution is -2.28. The molecule has 1 unspecified atom stereocenters. The van der Waals surface area contributed by atoms with Crippen molar-refractivity contribution in [3.8, 4) is 0 Å². The number of aromatic carboxylic acids is 1. The first-order chi connectivity index (χ1) is 9.97. The molecule has 6 heteroatoms. The molecule has 1 atom stereocenters. The molecule has 1 aromatic heterocycles. The highest BCUT2D eigenvalue weighted by Crippen LogP contribution is 2.27. The van der Waals surface area contributed by atoms with Gasteiger partial charge in [0.25, 0.3) is 0 Å². The Morgan fingerprint density at radius 2 is 2.05 bits per heavy atom. The van der Waals surface area contributed by atoms with E-state index in [1.807, 2.05) is 6.92 Å². The molecule has 1 fully saturated rings. The Balaban J connectivity index is 1.91. The summed E-state index contributed by atoms with van der Waals surface area (Å²) in [5.41, 5.74) is 0.510. The quantitative estimate of drug-likeness (QED) is 0.874. The van der Waals surface area contributed by atoms with Crippen LogP contribution >= 0.6 is 11.3 Å². The molecule has 0 spiro atoms. The first-order valence-corrected chi connectivity index (χ1v) is 8.29. The summed E-state index contributed by atoms with van der Waals surface area (Å²) in [6.07, 6.45) is 6.58. The number of thiazole rings is 1. The first kappa shape index (κ1) is 15.9. The molecular formula is C15H22N2O3S. The molecule has 1 saturated carbocycles. The van der Waals surface area contributed by atoms with Crippen LogP contribution in [0.2, 0.25) is 0 Å². The van der Waals surface area contributed by atoms with Crippen molar-refractivity contribution >= 4 is 23.2 Å². The van der Waals surface area contributed by atoms with Gasteiger partial charge in [-0.2, -0.15) is 0 Å². The van der Waals surface area contributed by atoms with E-state index in [0.29, 0.717) is 23.0 Å². The van der Waals surface area contributed by atoms with Crippen molar-refractivity contribution in [2.75, 3.05) is 0 Å². The number of nitrogens with zero attached hydrogens (tertiary/aromatic N) is 1. The Kier molecular flexibility index (Phi) is 5.33. The fraction of sp³-hybridized carbons (Fsp3) is 0.667. The average molecular weight is 310 g/mol. The predicted octanol–water partition coefficient (Wildman–Crippen LogP) is 3.30. The smallest absolute Gasteiger partial charge is 0.347 e. The highest BCUT2D eigenvalue weighted by Gasteiger charge is 2.21. The SMILES string of the molecule is Cc1nc(C(C)NC(=O)CC2CCCCC2)sc1C(=O)O. The molecule has 1 heterocycles. The van der Waals surface area contributed by atoms with E-state index < -0.39 is 5.97 Å². The second kappa shape index (κ2) is 7.02. The molecule has 1 aliphatic carbocycles. The molecule has 2 N–H and O–H groups in total. The van der Waals surface area contributed by atoms with Crippen LogP contribution in [0, 0.1) is 12.8 Å². The van der Waals surface area contributed by atoms with Crippen LogP contribution in [-0.2, 0) is 4.79 Å². The minimum atomic E-state index is -0.961. The molecule has 0 radical (unpaired) electrons. The van der Waals surface area contributed by atoms with Gasteiger partial charge in [0.1, 0.15) is 9.88 Å². The standard InChI is InChI=1S/C15H22N2O3S/c1-9-13(15(19)20)21-14(17-9)10(2)16-12(18)8-11-6-4-3-5-7-11/h10-11H,3-8H2,1-2H3,(H,16,18)(H,19,20). The summed E-state index contributed by atoms with van der Waals surface area (Å²) in [4.78, 5) is 27.6. The Hall–Kier alpha value is -1.43. The average Bonchev–Trinajstić information content (AvgIpc) is 2.82. The topological polar surface area (TPSA) is 79.3 Å². The van der Waals surface area contributed by atoms with E-state index in [-0.39, 0.29) is 16.8 Å². The van der Waals surface area contributed by atoms with E-state index in [9.17, 15) is 9.59 Å². The van der Waals surface area contributed by atoms with Crippen LogP contribution in [-0.4, -0.2) is 22.0 Å². The van der Waals surface area contributed by atoms with Gasteiger partial charge in [-0.05, 0) is 32.6 Å². The van der Waals surface area contributed by atoms with Gasteiger partial charge in [0.2, 0.25) is 5.91 Å². The van der Waals surface area contributed by atoms with Crippen molar-refractivity contribution in [1.29, 1.82) is 0 Å². The second-order valence-electron chi connectivity index (χ2n) is 5.77. The van der Waals surface area contributed by atoms with Gasteiger partial charge in [0.05, 0.1) is 11.7 Å². The number of carboxylic acid groups (broad SMARTS) is 1. The molecule has 0 aliphatic heterocycles. The minimum Gasteiger partial charge on any atom is -0.477 e. The van der Waals surface area contributed by atoms with Crippen molar-refractivity contribution in [3.05, 3.63) is 15.6 Å². The van der Waals surface area contributed by atoms with Crippen LogP contribution in [0.5, 0.6) is 0 Å². The summed E-state index contributed by atoms with van der Waals surface area (Å²) in [7, 11) is 0. The molecule has 0 bridgehead atoms. The number of rotatable bonds is 5. The second-order valence-corrected chi connectivity index (χ2v) is 6.80. The van der Waals surface area contributed by atoms with Gasteiger partial charge in [0.15, 0.2) is 0 Å². The van der Waals surface area contributed by atoms with E-state index in [1.165, 1.54) is 19.3 Å². The summed E-state index contributed by atoms with van der Waals surface area (Å²) in [5.74, 6) is -0.422. The monoisotopic (exact) mass is 310 g/mol. The molecule has 0 aromatic carbocycles. The summed E-state index contributed by atoms with van der Waals surface area (Å²) in [6.45, 7) is 3.53. The van der Waals surface area contributed by atoms with Crippen LogP contribution in [0.3, 0.4) is 0 Å². The molecule has 1 aromatic rings. The van der Waals surface area contributed by atoms with Crippen LogP contribution in [0.15, 0.2) is 0 Å². The highest BCUT2D eigenvalue weighted by atomic mass is 32.1. The van der Waals surface area contributed by atoms with Crippen LogP contribution in [0.1, 0.15) is 71.9 Å². The van der Waals surface area contributed by atoms with Crippen LogP contribution in [0.25, 0.3) is 0 Å². The predicted molar refractivity (Wildman–Crippen MR) is 81.6 cm³/mol. The Bertz CT molecular complexity index is 521. The first-order valence-electron chi connectivity index (χ1n) is 7.47. The lowest BCUT2D eigenvalue weighted by molar-refractivity contribution is -0.122. The molecule has 1 amide bonds. The molecule has 0 saturated heterocycles. The highest BCUT2D eigenvalue weighted by molar-refractivity contribution is 7.13. The molecular weight excluding hydrogens is 288 g/mol. The number of nitrogens with one attached hydrogen (secondary N) is 1. The Morgan fingerprint density at radius 1 is 1.38 bits per heavy atom. The number of aryl methyl sites for hydroxylation is 1. The van der Waals surface area contributed by atoms with E-state index in [1.54, 1.807) is 6.92 Å². The maximum atomic E-state index is 12.1. The van der Waals surface area contributed by atoms with Crippen molar-refractivity contribution in [2.24, 2.45) is 5.92 Å². The number of carboxylic acids is 1. The molecule has 116 valence electrons. The zero-order valence-electron chi connectivity index (χ0n) is 12.5. The van der Waals surface area contributed by atoms with Crippen molar-refractivity contribution < 1.29 is 14.7 Å². The van der Waals surface area contributed by atoms with Gasteiger partial charge in [-0.1, -0.05) is 19.3 Å². The van der Waals surface area contributed by atoms with E-state index in [4.69, 9.17) is 5.11 Å². The fourth-order valence-corrected chi connectivity index (χ4v) is 3.72. The number of hydrogen-bond donors (Lipinski definition) is 2. The zero-order valence-corrected chi connectivity index (χ0v) is 13.3. The van der Waals surface area contributed by atoms with E-state index in [2.05, 4.69) is 10.3 Å². The Morgan fingerprint density at radius 3 is 2.62 bits per heavy atom. The third-order valence-electron chi connectivity index (χ3n) is 3.95. The van der Waals surface area contributed by atoms with E-state index in [0.717, 1.165) is 24.2 Å². The van der Waals surface area contributed by atoms with Crippen LogP contribution < -0.4 is 5.32 Å². The van der Waals surface area contributed by atoms with Gasteiger partial charge in [-0.3, -0.25) is 4.79 Å². The Labute approximate surface area is 128 Å². The lowest BCUT2D eigenvalue weighted by Gasteiger charge is -2.21. The number of hydrogen-bond acceptors (Lipinski definition) is 4. The van der Waals surface area contributed by atoms with Crippen molar-refractivity contribution in [2.45, 2.75) is 58.4 Å². The van der Waals surface area contributed by atoms with Gasteiger partial charge in [0, 0.05) is 6.42 Å². The van der Waals surface area contributed by atoms with E-state index >= 15 is 0 Å². The third kappa shape index (κ3) is 4.27. The van der Waals surface area contributed by atoms with Crippen molar-refractivity contribution in [3.63, 3.8) is 0 Å². The zero-order chi connectivity index (χ0) is 15.4. The maximum Gasteiger partial charge on any atom is 0.347 e. The normalized spacial score (nSPS) is 17.4. The summed E-state index contributed by atoms with van der Waals surface area (Å²) in [6, 6.07) is -0.238. The number of carbonyl (C=O) groups excluding carboxylic acids is 1. The number of amides is 1. The van der Waals surface area contributed by atoms with Gasteiger partial charge in [-0.15, -0.1) is 11.3 Å².